The van der Waals surface area contributed by atoms with Gasteiger partial charge in [0.15, 0.2) is 5.11 Å². The summed E-state index contributed by atoms with van der Waals surface area (Å²) in [5, 5.41) is 16.4. The zero-order chi connectivity index (χ0) is 26.6. The molecule has 0 saturated carbocycles. The maximum absolute atomic E-state index is 12.8. The molecule has 3 N–H and O–H groups in total. The molecule has 2 aromatic heterocycles. The molecule has 8 nitrogen and oxygen atoms in total. The molecule has 1 aliphatic rings. The number of aryl methyl sites for hydroxylation is 1. The van der Waals surface area contributed by atoms with E-state index in [-0.39, 0.29) is 30.0 Å². The number of hydrogen-bond acceptors (Lipinski definition) is 4. The number of hydrogen-bond donors (Lipinski definition) is 3. The van der Waals surface area contributed by atoms with E-state index in [1.165, 1.54) is 0 Å². The van der Waals surface area contributed by atoms with Gasteiger partial charge >= 0.3 is 5.97 Å². The Morgan fingerprint density at radius 2 is 1.89 bits per heavy atom. The molecule has 5 rings (SSSR count). The van der Waals surface area contributed by atoms with Crippen LogP contribution in [0.5, 0.6) is 0 Å². The average Bonchev–Trinajstić information content (AvgIpc) is 3.52. The van der Waals surface area contributed by atoms with Gasteiger partial charge in [0.25, 0.3) is 0 Å². The highest BCUT2D eigenvalue weighted by molar-refractivity contribution is 7.80. The van der Waals surface area contributed by atoms with E-state index in [4.69, 9.17) is 12.2 Å². The molecule has 0 radical (unpaired) electrons. The molecule has 0 bridgehead atoms. The predicted molar refractivity (Wildman–Crippen MR) is 149 cm³/mol. The minimum absolute atomic E-state index is 0.108. The van der Waals surface area contributed by atoms with E-state index in [9.17, 15) is 14.7 Å². The summed E-state index contributed by atoms with van der Waals surface area (Å²) < 4.78 is 1.96. The Hall–Kier alpha value is -4.50. The molecular weight excluding hydrogens is 498 g/mol. The number of benzene rings is 2. The molecule has 9 heteroatoms. The first-order valence-corrected chi connectivity index (χ1v) is 12.7. The second kappa shape index (κ2) is 10.9. The van der Waals surface area contributed by atoms with Crippen LogP contribution < -0.4 is 10.6 Å². The highest BCUT2D eigenvalue weighted by Crippen LogP contribution is 2.39. The standard InChI is InChI=1S/C29H27N5O3S/c1-19-7-4-9-21(17-19)31-25(35)13-16-34-27(26(32-29(34)38)23-11-2-3-14-30-23)24-12-6-15-33(24)22-10-5-8-20(18-22)28(36)37/h2-12,14-15,17-18,26-27H,13,16H2,1H3,(H,31,35)(H,32,38)(H,36,37)/t26-,27-/m1/s1. The Morgan fingerprint density at radius 1 is 1.05 bits per heavy atom. The van der Waals surface area contributed by atoms with Crippen LogP contribution in [-0.2, 0) is 4.79 Å². The number of aromatic nitrogens is 2. The number of carbonyl (C=O) groups excluding carboxylic acids is 1. The zero-order valence-corrected chi connectivity index (χ0v) is 21.6. The van der Waals surface area contributed by atoms with E-state index in [2.05, 4.69) is 15.6 Å². The Morgan fingerprint density at radius 3 is 2.66 bits per heavy atom. The van der Waals surface area contributed by atoms with Crippen molar-refractivity contribution in [1.82, 2.24) is 19.8 Å². The lowest BCUT2D eigenvalue weighted by molar-refractivity contribution is -0.116. The van der Waals surface area contributed by atoms with E-state index in [0.29, 0.717) is 11.7 Å². The SMILES string of the molecule is Cc1cccc(NC(=O)CCN2C(=S)N[C@H](c3ccccn3)[C@H]2c2cccn2-c2cccc(C(=O)O)c2)c1. The van der Waals surface area contributed by atoms with Gasteiger partial charge in [-0.05, 0) is 79.3 Å². The van der Waals surface area contributed by atoms with Gasteiger partial charge in [-0.25, -0.2) is 4.79 Å². The fourth-order valence-electron chi connectivity index (χ4n) is 4.80. The number of pyridine rings is 1. The largest absolute Gasteiger partial charge is 0.478 e. The fourth-order valence-corrected chi connectivity index (χ4v) is 5.13. The minimum atomic E-state index is -0.989. The van der Waals surface area contributed by atoms with E-state index >= 15 is 0 Å². The Bertz CT molecular complexity index is 1490. The van der Waals surface area contributed by atoms with Gasteiger partial charge in [0.05, 0.1) is 23.3 Å². The summed E-state index contributed by atoms with van der Waals surface area (Å²) in [6, 6.07) is 23.6. The van der Waals surface area contributed by atoms with Gasteiger partial charge in [-0.3, -0.25) is 9.78 Å². The van der Waals surface area contributed by atoms with Crippen LogP contribution in [0.2, 0.25) is 0 Å². The van der Waals surface area contributed by atoms with Gasteiger partial charge in [0.2, 0.25) is 5.91 Å². The molecule has 4 aromatic rings. The first kappa shape index (κ1) is 25.2. The molecular formula is C29H27N5O3S. The number of nitrogens with zero attached hydrogens (tertiary/aromatic N) is 3. The monoisotopic (exact) mass is 525 g/mol. The highest BCUT2D eigenvalue weighted by Gasteiger charge is 2.41. The summed E-state index contributed by atoms with van der Waals surface area (Å²) >= 11 is 5.75. The number of nitrogens with one attached hydrogen (secondary N) is 2. The lowest BCUT2D eigenvalue weighted by Gasteiger charge is -2.29. The second-order valence-electron chi connectivity index (χ2n) is 9.15. The number of aromatic carboxylic acids is 1. The maximum atomic E-state index is 12.8. The van der Waals surface area contributed by atoms with E-state index in [1.807, 2.05) is 83.3 Å². The van der Waals surface area contributed by atoms with Crippen molar-refractivity contribution in [3.8, 4) is 5.69 Å². The number of carboxylic acids is 1. The molecule has 1 amide bonds. The topological polar surface area (TPSA) is 99.5 Å². The van der Waals surface area contributed by atoms with Crippen LogP contribution in [0.1, 0.15) is 45.8 Å². The van der Waals surface area contributed by atoms with Crippen molar-refractivity contribution in [3.05, 3.63) is 114 Å². The quantitative estimate of drug-likeness (QED) is 0.282. The van der Waals surface area contributed by atoms with Gasteiger partial charge in [0, 0.05) is 42.4 Å². The second-order valence-corrected chi connectivity index (χ2v) is 9.53. The van der Waals surface area contributed by atoms with E-state index in [1.54, 1.807) is 24.4 Å². The van der Waals surface area contributed by atoms with Gasteiger partial charge in [-0.15, -0.1) is 0 Å². The van der Waals surface area contributed by atoms with Crippen molar-refractivity contribution in [3.63, 3.8) is 0 Å². The van der Waals surface area contributed by atoms with Gasteiger partial charge < -0.3 is 25.2 Å². The van der Waals surface area contributed by atoms with Gasteiger partial charge in [-0.1, -0.05) is 24.3 Å². The molecule has 2 atom stereocenters. The highest BCUT2D eigenvalue weighted by atomic mass is 32.1. The minimum Gasteiger partial charge on any atom is -0.478 e. The summed E-state index contributed by atoms with van der Waals surface area (Å²) in [6.45, 7) is 2.37. The third-order valence-corrected chi connectivity index (χ3v) is 6.89. The average molecular weight is 526 g/mol. The number of rotatable bonds is 8. The van der Waals surface area contributed by atoms with Crippen LogP contribution in [0.4, 0.5) is 5.69 Å². The predicted octanol–water partition coefficient (Wildman–Crippen LogP) is 4.88. The van der Waals surface area contributed by atoms with E-state index < -0.39 is 5.97 Å². The third-order valence-electron chi connectivity index (χ3n) is 6.53. The number of carboxylic acid groups (broad SMARTS) is 1. The first-order valence-electron chi connectivity index (χ1n) is 12.3. The number of carbonyl (C=O) groups is 2. The molecule has 1 aliphatic heterocycles. The molecule has 0 unspecified atom stereocenters. The van der Waals surface area contributed by atoms with Crippen molar-refractivity contribution < 1.29 is 14.7 Å². The third kappa shape index (κ3) is 5.28. The Balaban J connectivity index is 1.46. The van der Waals surface area contributed by atoms with Crippen molar-refractivity contribution >= 4 is 34.9 Å². The smallest absolute Gasteiger partial charge is 0.335 e. The molecule has 2 aromatic carbocycles. The summed E-state index contributed by atoms with van der Waals surface area (Å²) in [5.41, 5.74) is 4.46. The lowest BCUT2D eigenvalue weighted by Crippen LogP contribution is -2.33. The first-order chi connectivity index (χ1) is 18.4. The maximum Gasteiger partial charge on any atom is 0.335 e. The summed E-state index contributed by atoms with van der Waals surface area (Å²) in [4.78, 5) is 31.0. The van der Waals surface area contributed by atoms with Crippen molar-refractivity contribution in [2.75, 3.05) is 11.9 Å². The van der Waals surface area contributed by atoms with Crippen LogP contribution in [-0.4, -0.2) is 43.1 Å². The molecule has 0 spiro atoms. The molecule has 1 saturated heterocycles. The molecule has 3 heterocycles. The Kier molecular flexibility index (Phi) is 7.19. The Labute approximate surface area is 225 Å². The van der Waals surface area contributed by atoms with Crippen LogP contribution >= 0.6 is 12.2 Å². The number of anilines is 1. The van der Waals surface area contributed by atoms with Crippen LogP contribution in [0.15, 0.2) is 91.3 Å². The summed E-state index contributed by atoms with van der Waals surface area (Å²) in [5.74, 6) is -1.10. The number of thiocarbonyl (C=S) groups is 1. The zero-order valence-electron chi connectivity index (χ0n) is 20.7. The van der Waals surface area contributed by atoms with Crippen molar-refractivity contribution in [2.24, 2.45) is 0 Å². The molecule has 1 fully saturated rings. The summed E-state index contributed by atoms with van der Waals surface area (Å²) in [7, 11) is 0. The number of amides is 1. The van der Waals surface area contributed by atoms with Crippen molar-refractivity contribution in [1.29, 1.82) is 0 Å². The summed E-state index contributed by atoms with van der Waals surface area (Å²) in [6.07, 6.45) is 3.87. The van der Waals surface area contributed by atoms with Gasteiger partial charge in [-0.2, -0.15) is 0 Å². The normalized spacial score (nSPS) is 16.8. The van der Waals surface area contributed by atoms with E-state index in [0.717, 1.165) is 28.3 Å². The van der Waals surface area contributed by atoms with Crippen LogP contribution in [0.25, 0.3) is 5.69 Å². The fraction of sp³-hybridized carbons (Fsp3) is 0.172. The molecule has 0 aliphatic carbocycles. The van der Waals surface area contributed by atoms with Crippen LogP contribution in [0.3, 0.4) is 0 Å². The molecule has 38 heavy (non-hydrogen) atoms. The van der Waals surface area contributed by atoms with Crippen molar-refractivity contribution in [2.45, 2.75) is 25.4 Å². The van der Waals surface area contributed by atoms with Crippen LogP contribution in [0, 0.1) is 6.92 Å². The van der Waals surface area contributed by atoms with Gasteiger partial charge in [0.1, 0.15) is 0 Å². The lowest BCUT2D eigenvalue weighted by atomic mass is 10.0. The molecule has 192 valence electrons.